The molecular formula is C14H17ClN2O2. The lowest BCUT2D eigenvalue weighted by Crippen LogP contribution is -1.98. The standard InChI is InChI=1S/C14H17ClN2O2/c1-9-13(14(15)17(3)16-9)8-19-12-6-4-11(5-7-12)10(2)18/h4-7,10,18H,8H2,1-3H3/t10-/m0/s1. The number of ether oxygens (including phenoxy) is 1. The van der Waals surface area contributed by atoms with Crippen molar-refractivity contribution in [3.05, 3.63) is 46.2 Å². The summed E-state index contributed by atoms with van der Waals surface area (Å²) in [5.74, 6) is 0.740. The zero-order valence-electron chi connectivity index (χ0n) is 11.2. The second-order valence-corrected chi connectivity index (χ2v) is 4.87. The molecule has 1 atom stereocenters. The van der Waals surface area contributed by atoms with Gasteiger partial charge >= 0.3 is 0 Å². The molecule has 1 N–H and O–H groups in total. The Kier molecular flexibility index (Phi) is 4.12. The SMILES string of the molecule is Cc1nn(C)c(Cl)c1COc1ccc([C@H](C)O)cc1. The van der Waals surface area contributed by atoms with Gasteiger partial charge in [0.2, 0.25) is 0 Å². The molecule has 0 spiro atoms. The molecule has 1 aromatic heterocycles. The molecule has 2 aromatic rings. The minimum absolute atomic E-state index is 0.381. The molecule has 0 unspecified atom stereocenters. The number of aromatic nitrogens is 2. The van der Waals surface area contributed by atoms with E-state index in [9.17, 15) is 5.11 Å². The van der Waals surface area contributed by atoms with Crippen LogP contribution in [0.25, 0.3) is 0 Å². The number of nitrogens with zero attached hydrogens (tertiary/aromatic N) is 2. The molecule has 0 radical (unpaired) electrons. The Morgan fingerprint density at radius 3 is 2.47 bits per heavy atom. The molecule has 0 aliphatic rings. The smallest absolute Gasteiger partial charge is 0.133 e. The molecule has 5 heteroatoms. The predicted molar refractivity (Wildman–Crippen MR) is 74.4 cm³/mol. The third kappa shape index (κ3) is 3.08. The lowest BCUT2D eigenvalue weighted by Gasteiger charge is -2.08. The van der Waals surface area contributed by atoms with E-state index >= 15 is 0 Å². The van der Waals surface area contributed by atoms with Gasteiger partial charge in [-0.1, -0.05) is 23.7 Å². The van der Waals surface area contributed by atoms with Crippen LogP contribution >= 0.6 is 11.6 Å². The number of hydrogen-bond acceptors (Lipinski definition) is 3. The van der Waals surface area contributed by atoms with Gasteiger partial charge in [0.1, 0.15) is 17.5 Å². The number of rotatable bonds is 4. The number of aryl methyl sites for hydroxylation is 2. The zero-order chi connectivity index (χ0) is 14.0. The Morgan fingerprint density at radius 2 is 2.00 bits per heavy atom. The van der Waals surface area contributed by atoms with Crippen molar-refractivity contribution in [1.29, 1.82) is 0 Å². The van der Waals surface area contributed by atoms with Gasteiger partial charge in [-0.3, -0.25) is 4.68 Å². The molecule has 0 fully saturated rings. The molecule has 0 amide bonds. The van der Waals surface area contributed by atoms with Gasteiger partial charge in [-0.2, -0.15) is 5.10 Å². The molecule has 2 rings (SSSR count). The van der Waals surface area contributed by atoms with Crippen LogP contribution in [0.5, 0.6) is 5.75 Å². The third-order valence-electron chi connectivity index (χ3n) is 3.02. The van der Waals surface area contributed by atoms with Crippen molar-refractivity contribution in [3.63, 3.8) is 0 Å². The molecule has 0 aliphatic carbocycles. The summed E-state index contributed by atoms with van der Waals surface area (Å²) in [6, 6.07) is 7.36. The number of benzene rings is 1. The summed E-state index contributed by atoms with van der Waals surface area (Å²) in [6.45, 7) is 4.02. The largest absolute Gasteiger partial charge is 0.489 e. The Labute approximate surface area is 117 Å². The van der Waals surface area contributed by atoms with E-state index in [0.717, 1.165) is 22.6 Å². The monoisotopic (exact) mass is 280 g/mol. The van der Waals surface area contributed by atoms with E-state index in [4.69, 9.17) is 16.3 Å². The molecule has 1 aromatic carbocycles. The van der Waals surface area contributed by atoms with E-state index in [0.29, 0.717) is 11.8 Å². The number of aliphatic hydroxyl groups is 1. The van der Waals surface area contributed by atoms with Crippen molar-refractivity contribution in [2.75, 3.05) is 0 Å². The highest BCUT2D eigenvalue weighted by molar-refractivity contribution is 6.30. The lowest BCUT2D eigenvalue weighted by atomic mass is 10.1. The Bertz CT molecular complexity index is 562. The maximum absolute atomic E-state index is 9.43. The first-order valence-electron chi connectivity index (χ1n) is 6.08. The highest BCUT2D eigenvalue weighted by Crippen LogP contribution is 2.22. The van der Waals surface area contributed by atoms with Gasteiger partial charge < -0.3 is 9.84 Å². The first-order valence-corrected chi connectivity index (χ1v) is 6.45. The van der Waals surface area contributed by atoms with Crippen LogP contribution in [-0.2, 0) is 13.7 Å². The summed E-state index contributed by atoms with van der Waals surface area (Å²) in [7, 11) is 1.80. The van der Waals surface area contributed by atoms with Crippen LogP contribution in [0.4, 0.5) is 0 Å². The fourth-order valence-corrected chi connectivity index (χ4v) is 2.07. The van der Waals surface area contributed by atoms with E-state index in [1.165, 1.54) is 0 Å². The van der Waals surface area contributed by atoms with Crippen LogP contribution in [0.1, 0.15) is 29.8 Å². The lowest BCUT2D eigenvalue weighted by molar-refractivity contribution is 0.199. The summed E-state index contributed by atoms with van der Waals surface area (Å²) in [6.07, 6.45) is -0.468. The van der Waals surface area contributed by atoms with Crippen LogP contribution in [0, 0.1) is 6.92 Å². The Balaban J connectivity index is 2.06. The molecule has 0 bridgehead atoms. The maximum Gasteiger partial charge on any atom is 0.133 e. The van der Waals surface area contributed by atoms with Crippen LogP contribution in [0.2, 0.25) is 5.15 Å². The van der Waals surface area contributed by atoms with Gasteiger partial charge in [0.05, 0.1) is 11.8 Å². The van der Waals surface area contributed by atoms with Gasteiger partial charge in [-0.15, -0.1) is 0 Å². The summed E-state index contributed by atoms with van der Waals surface area (Å²) < 4.78 is 7.31. The second-order valence-electron chi connectivity index (χ2n) is 4.51. The fourth-order valence-electron chi connectivity index (χ4n) is 1.84. The van der Waals surface area contributed by atoms with E-state index in [1.54, 1.807) is 18.7 Å². The van der Waals surface area contributed by atoms with Crippen molar-refractivity contribution in [1.82, 2.24) is 9.78 Å². The molecule has 1 heterocycles. The average molecular weight is 281 g/mol. The summed E-state index contributed by atoms with van der Waals surface area (Å²) in [5, 5.41) is 14.3. The Morgan fingerprint density at radius 1 is 1.37 bits per heavy atom. The van der Waals surface area contributed by atoms with Crippen LogP contribution in [0.15, 0.2) is 24.3 Å². The fraction of sp³-hybridized carbons (Fsp3) is 0.357. The van der Waals surface area contributed by atoms with Crippen molar-refractivity contribution in [2.45, 2.75) is 26.6 Å². The first kappa shape index (κ1) is 13.9. The second kappa shape index (κ2) is 5.63. The van der Waals surface area contributed by atoms with E-state index in [-0.39, 0.29) is 0 Å². The van der Waals surface area contributed by atoms with Gasteiger partial charge in [-0.25, -0.2) is 0 Å². The molecule has 0 aliphatic heterocycles. The van der Waals surface area contributed by atoms with Gasteiger partial charge in [0.25, 0.3) is 0 Å². The van der Waals surface area contributed by atoms with E-state index in [1.807, 2.05) is 31.2 Å². The quantitative estimate of drug-likeness (QED) is 0.936. The molecule has 4 nitrogen and oxygen atoms in total. The van der Waals surface area contributed by atoms with Crippen molar-refractivity contribution in [3.8, 4) is 5.75 Å². The first-order chi connectivity index (χ1) is 8.99. The number of halogens is 1. The molecule has 0 saturated heterocycles. The summed E-state index contributed by atoms with van der Waals surface area (Å²) >= 11 is 6.13. The minimum Gasteiger partial charge on any atom is -0.489 e. The zero-order valence-corrected chi connectivity index (χ0v) is 12.0. The highest BCUT2D eigenvalue weighted by atomic mass is 35.5. The maximum atomic E-state index is 9.43. The molecule has 102 valence electrons. The van der Waals surface area contributed by atoms with Crippen molar-refractivity contribution in [2.24, 2.45) is 7.05 Å². The van der Waals surface area contributed by atoms with Crippen molar-refractivity contribution >= 4 is 11.6 Å². The minimum atomic E-state index is -0.468. The van der Waals surface area contributed by atoms with Gasteiger partial charge in [0.15, 0.2) is 0 Å². The number of aliphatic hydroxyl groups excluding tert-OH is 1. The molecule has 19 heavy (non-hydrogen) atoms. The van der Waals surface area contributed by atoms with Crippen LogP contribution in [-0.4, -0.2) is 14.9 Å². The van der Waals surface area contributed by atoms with Gasteiger partial charge in [0, 0.05) is 12.6 Å². The number of hydrogen-bond donors (Lipinski definition) is 1. The van der Waals surface area contributed by atoms with Crippen LogP contribution in [0.3, 0.4) is 0 Å². The topological polar surface area (TPSA) is 47.3 Å². The molecular weight excluding hydrogens is 264 g/mol. The Hall–Kier alpha value is -1.52. The predicted octanol–water partition coefficient (Wildman–Crippen LogP) is 3.01. The third-order valence-corrected chi connectivity index (χ3v) is 3.49. The van der Waals surface area contributed by atoms with E-state index < -0.39 is 6.10 Å². The average Bonchev–Trinajstić information content (AvgIpc) is 2.62. The van der Waals surface area contributed by atoms with Crippen LogP contribution < -0.4 is 4.74 Å². The summed E-state index contributed by atoms with van der Waals surface area (Å²) in [4.78, 5) is 0. The summed E-state index contributed by atoms with van der Waals surface area (Å²) in [5.41, 5.74) is 2.62. The molecule has 0 saturated carbocycles. The highest BCUT2D eigenvalue weighted by Gasteiger charge is 2.11. The van der Waals surface area contributed by atoms with Gasteiger partial charge in [-0.05, 0) is 31.5 Å². The van der Waals surface area contributed by atoms with E-state index in [2.05, 4.69) is 5.10 Å². The normalized spacial score (nSPS) is 12.5. The van der Waals surface area contributed by atoms with Crippen molar-refractivity contribution < 1.29 is 9.84 Å².